The van der Waals surface area contributed by atoms with Gasteiger partial charge in [0.2, 0.25) is 5.91 Å². The van der Waals surface area contributed by atoms with Crippen molar-refractivity contribution in [3.8, 4) is 28.4 Å². The lowest BCUT2D eigenvalue weighted by Gasteiger charge is -2.07. The van der Waals surface area contributed by atoms with Crippen molar-refractivity contribution in [2.75, 3.05) is 12.4 Å². The van der Waals surface area contributed by atoms with E-state index in [1.54, 1.807) is 7.11 Å². The van der Waals surface area contributed by atoms with Gasteiger partial charge >= 0.3 is 0 Å². The van der Waals surface area contributed by atoms with E-state index in [9.17, 15) is 4.79 Å². The third-order valence-corrected chi connectivity index (χ3v) is 6.35. The molecule has 5 rings (SSSR count). The predicted molar refractivity (Wildman–Crippen MR) is 132 cm³/mol. The number of aromatic amines is 2. The number of para-hydroxylation sites is 1. The van der Waals surface area contributed by atoms with Gasteiger partial charge in [0.1, 0.15) is 5.75 Å². The van der Waals surface area contributed by atoms with Crippen LogP contribution in [-0.2, 0) is 11.3 Å². The molecular formula is C23H20N6O2S2. The number of benzene rings is 2. The van der Waals surface area contributed by atoms with Crippen molar-refractivity contribution in [1.82, 2.24) is 24.7 Å². The van der Waals surface area contributed by atoms with Crippen LogP contribution in [0.5, 0.6) is 5.75 Å². The van der Waals surface area contributed by atoms with Crippen LogP contribution in [0.2, 0.25) is 0 Å². The van der Waals surface area contributed by atoms with Gasteiger partial charge in [0.25, 0.3) is 0 Å². The molecule has 0 atom stereocenters. The number of rotatable bonds is 7. The first-order valence-corrected chi connectivity index (χ1v) is 11.5. The summed E-state index contributed by atoms with van der Waals surface area (Å²) in [5, 5.41) is 13.6. The van der Waals surface area contributed by atoms with Crippen molar-refractivity contribution < 1.29 is 9.53 Å². The highest BCUT2D eigenvalue weighted by Crippen LogP contribution is 2.31. The Morgan fingerprint density at radius 1 is 1.21 bits per heavy atom. The Hall–Kier alpha value is -3.76. The minimum atomic E-state index is -0.140. The maximum absolute atomic E-state index is 12.6. The highest BCUT2D eigenvalue weighted by Gasteiger charge is 2.14. The lowest BCUT2D eigenvalue weighted by atomic mass is 10.1. The van der Waals surface area contributed by atoms with E-state index in [4.69, 9.17) is 17.0 Å². The Bertz CT molecular complexity index is 1480. The second-order valence-corrected chi connectivity index (χ2v) is 8.56. The van der Waals surface area contributed by atoms with Gasteiger partial charge in [-0.15, -0.1) is 11.3 Å². The summed E-state index contributed by atoms with van der Waals surface area (Å²) in [4.78, 5) is 20.5. The Morgan fingerprint density at radius 3 is 2.85 bits per heavy atom. The zero-order valence-corrected chi connectivity index (χ0v) is 19.3. The summed E-state index contributed by atoms with van der Waals surface area (Å²) in [6.07, 6.45) is 2.17. The van der Waals surface area contributed by atoms with E-state index in [1.165, 1.54) is 11.3 Å². The smallest absolute Gasteiger partial charge is 0.227 e. The number of methoxy groups -OCH3 is 1. The quantitative estimate of drug-likeness (QED) is 0.279. The Kier molecular flexibility index (Phi) is 5.76. The molecule has 1 amide bonds. The summed E-state index contributed by atoms with van der Waals surface area (Å²) in [7, 11) is 1.62. The first-order valence-electron chi connectivity index (χ1n) is 10.2. The van der Waals surface area contributed by atoms with E-state index < -0.39 is 0 Å². The Balaban J connectivity index is 1.26. The van der Waals surface area contributed by atoms with E-state index in [0.29, 0.717) is 22.3 Å². The average Bonchev–Trinajstić information content (AvgIpc) is 3.56. The zero-order chi connectivity index (χ0) is 22.8. The summed E-state index contributed by atoms with van der Waals surface area (Å²) in [6.45, 7) is 0.392. The molecule has 0 saturated carbocycles. The van der Waals surface area contributed by atoms with Gasteiger partial charge in [0.05, 0.1) is 12.8 Å². The number of anilines is 1. The van der Waals surface area contributed by atoms with Gasteiger partial charge < -0.3 is 15.0 Å². The number of nitrogens with zero attached hydrogens (tertiary/aromatic N) is 3. The number of nitrogens with one attached hydrogen (secondary N) is 3. The molecule has 3 heterocycles. The SMILES string of the molecule is COc1ccc(-c2n[nH]c(=S)n2CCC(=O)Nc2nc(-c3c[nH]c4ccccc34)cs2)cc1. The molecule has 5 aromatic rings. The fourth-order valence-electron chi connectivity index (χ4n) is 3.62. The lowest BCUT2D eigenvalue weighted by molar-refractivity contribution is -0.116. The summed E-state index contributed by atoms with van der Waals surface area (Å²) >= 11 is 6.77. The molecule has 0 saturated heterocycles. The van der Waals surface area contributed by atoms with Gasteiger partial charge in [0.15, 0.2) is 15.7 Å². The lowest BCUT2D eigenvalue weighted by Crippen LogP contribution is -2.15. The van der Waals surface area contributed by atoms with E-state index in [2.05, 4.69) is 25.5 Å². The third kappa shape index (κ3) is 4.30. The van der Waals surface area contributed by atoms with Crippen LogP contribution in [0.15, 0.2) is 60.1 Å². The first kappa shape index (κ1) is 21.1. The van der Waals surface area contributed by atoms with Gasteiger partial charge in [-0.1, -0.05) is 18.2 Å². The molecule has 3 N–H and O–H groups in total. The average molecular weight is 477 g/mol. The number of carbonyl (C=O) groups is 1. The van der Waals surface area contributed by atoms with Crippen LogP contribution in [-0.4, -0.2) is 37.7 Å². The first-order chi connectivity index (χ1) is 16.1. The van der Waals surface area contributed by atoms with Gasteiger partial charge in [-0.3, -0.25) is 14.5 Å². The largest absolute Gasteiger partial charge is 0.497 e. The number of carbonyl (C=O) groups excluding carboxylic acids is 1. The highest BCUT2D eigenvalue weighted by molar-refractivity contribution is 7.71. The second kappa shape index (κ2) is 9.00. The van der Waals surface area contributed by atoms with E-state index >= 15 is 0 Å². The molecule has 0 fully saturated rings. The van der Waals surface area contributed by atoms with Gasteiger partial charge in [-0.25, -0.2) is 4.98 Å². The van der Waals surface area contributed by atoms with Crippen molar-refractivity contribution in [1.29, 1.82) is 0 Å². The summed E-state index contributed by atoms with van der Waals surface area (Å²) in [5.41, 5.74) is 3.77. The zero-order valence-electron chi connectivity index (χ0n) is 17.7. The monoisotopic (exact) mass is 476 g/mol. The fourth-order valence-corrected chi connectivity index (χ4v) is 4.57. The van der Waals surface area contributed by atoms with Crippen LogP contribution in [0, 0.1) is 4.77 Å². The summed E-state index contributed by atoms with van der Waals surface area (Å²) in [5.74, 6) is 1.29. The van der Waals surface area contributed by atoms with Crippen molar-refractivity contribution in [2.24, 2.45) is 0 Å². The molecule has 0 unspecified atom stereocenters. The van der Waals surface area contributed by atoms with Crippen LogP contribution >= 0.6 is 23.6 Å². The summed E-state index contributed by atoms with van der Waals surface area (Å²) in [6, 6.07) is 15.6. The molecule has 0 aliphatic rings. The van der Waals surface area contributed by atoms with Crippen LogP contribution in [0.25, 0.3) is 33.5 Å². The third-order valence-electron chi connectivity index (χ3n) is 5.28. The number of amides is 1. The fraction of sp³-hybridized carbons (Fsp3) is 0.130. The van der Waals surface area contributed by atoms with Crippen molar-refractivity contribution >= 4 is 45.5 Å². The molecule has 8 nitrogen and oxygen atoms in total. The highest BCUT2D eigenvalue weighted by atomic mass is 32.1. The molecule has 33 heavy (non-hydrogen) atoms. The van der Waals surface area contributed by atoms with Gasteiger partial charge in [-0.2, -0.15) is 5.10 Å². The number of aromatic nitrogens is 5. The number of fused-ring (bicyclic) bond motifs is 1. The summed E-state index contributed by atoms with van der Waals surface area (Å²) < 4.78 is 7.49. The Labute approximate surface area is 198 Å². The van der Waals surface area contributed by atoms with Crippen LogP contribution in [0.4, 0.5) is 5.13 Å². The molecule has 0 aliphatic heterocycles. The number of thiazole rings is 1. The second-order valence-electron chi connectivity index (χ2n) is 7.32. The maximum atomic E-state index is 12.6. The maximum Gasteiger partial charge on any atom is 0.227 e. The molecule has 10 heteroatoms. The van der Waals surface area contributed by atoms with Crippen molar-refractivity contribution in [3.63, 3.8) is 0 Å². The number of ether oxygens (including phenoxy) is 1. The minimum absolute atomic E-state index is 0.140. The van der Waals surface area contributed by atoms with Gasteiger partial charge in [0, 0.05) is 46.6 Å². The Morgan fingerprint density at radius 2 is 2.03 bits per heavy atom. The molecule has 166 valence electrons. The van der Waals surface area contributed by atoms with E-state index in [1.807, 2.05) is 64.7 Å². The van der Waals surface area contributed by atoms with Crippen molar-refractivity contribution in [3.05, 3.63) is 64.9 Å². The molecule has 0 bridgehead atoms. The number of hydrogen-bond donors (Lipinski definition) is 3. The normalized spacial score (nSPS) is 11.1. The van der Waals surface area contributed by atoms with Crippen LogP contribution < -0.4 is 10.1 Å². The molecule has 3 aromatic heterocycles. The number of hydrogen-bond acceptors (Lipinski definition) is 6. The molecular weight excluding hydrogens is 456 g/mol. The topological polar surface area (TPSA) is 101 Å². The standard InChI is InChI=1S/C23H20N6O2S2/c1-31-15-8-6-14(7-9-15)21-27-28-23(32)29(21)11-10-20(30)26-22-25-19(13-33-22)17-12-24-18-5-3-2-4-16(17)18/h2-9,12-13,24H,10-11H2,1H3,(H,28,32)(H,25,26,30). The van der Waals surface area contributed by atoms with Crippen LogP contribution in [0.3, 0.4) is 0 Å². The molecule has 0 spiro atoms. The van der Waals surface area contributed by atoms with Gasteiger partial charge in [-0.05, 0) is 42.5 Å². The number of H-pyrrole nitrogens is 2. The minimum Gasteiger partial charge on any atom is -0.497 e. The molecule has 0 radical (unpaired) electrons. The van der Waals surface area contributed by atoms with Crippen molar-refractivity contribution in [2.45, 2.75) is 13.0 Å². The van der Waals surface area contributed by atoms with E-state index in [-0.39, 0.29) is 12.3 Å². The van der Waals surface area contributed by atoms with E-state index in [0.717, 1.165) is 33.5 Å². The predicted octanol–water partition coefficient (Wildman–Crippen LogP) is 5.25. The molecule has 0 aliphatic carbocycles. The molecule has 2 aromatic carbocycles. The van der Waals surface area contributed by atoms with Crippen LogP contribution in [0.1, 0.15) is 6.42 Å².